The molecular weight excluding hydrogens is 218 g/mol. The number of anilines is 1. The molecule has 1 aromatic rings. The van der Waals surface area contributed by atoms with E-state index in [1.165, 1.54) is 31.2 Å². The summed E-state index contributed by atoms with van der Waals surface area (Å²) in [6, 6.07) is 6.67. The molecule has 1 aliphatic carbocycles. The van der Waals surface area contributed by atoms with Gasteiger partial charge in [0.05, 0.1) is 10.7 Å². The molecule has 0 bridgehead atoms. The van der Waals surface area contributed by atoms with Gasteiger partial charge in [-0.05, 0) is 37.3 Å². The van der Waals surface area contributed by atoms with E-state index >= 15 is 0 Å². The minimum Gasteiger partial charge on any atom is -0.381 e. The Morgan fingerprint density at radius 3 is 2.69 bits per heavy atom. The predicted molar refractivity (Wildman–Crippen MR) is 71.2 cm³/mol. The molecule has 1 aliphatic rings. The minimum absolute atomic E-state index is 0.590. The largest absolute Gasteiger partial charge is 0.381 e. The first-order valence-corrected chi connectivity index (χ1v) is 6.58. The van der Waals surface area contributed by atoms with Crippen molar-refractivity contribution in [2.75, 3.05) is 5.32 Å². The summed E-state index contributed by atoms with van der Waals surface area (Å²) in [6.07, 6.45) is 5.32. The minimum atomic E-state index is 0.590. The lowest BCUT2D eigenvalue weighted by molar-refractivity contribution is 0.349. The molecule has 1 nitrogen and oxygen atoms in total. The Hall–Kier alpha value is -0.690. The first kappa shape index (κ1) is 11.8. The smallest absolute Gasteiger partial charge is 0.0640 e. The van der Waals surface area contributed by atoms with E-state index in [2.05, 4.69) is 25.2 Å². The number of rotatable bonds is 2. The molecular formula is C14H20ClN. The molecule has 88 valence electrons. The fourth-order valence-corrected chi connectivity index (χ4v) is 2.81. The van der Waals surface area contributed by atoms with Gasteiger partial charge in [-0.25, -0.2) is 0 Å². The maximum absolute atomic E-state index is 6.23. The Labute approximate surface area is 103 Å². The summed E-state index contributed by atoms with van der Waals surface area (Å²) in [6.45, 7) is 4.45. The average Bonchev–Trinajstić information content (AvgIpc) is 2.26. The van der Waals surface area contributed by atoms with Crippen LogP contribution in [0.4, 0.5) is 5.69 Å². The van der Waals surface area contributed by atoms with Crippen molar-refractivity contribution >= 4 is 17.3 Å². The van der Waals surface area contributed by atoms with E-state index in [1.54, 1.807) is 0 Å². The van der Waals surface area contributed by atoms with Crippen molar-refractivity contribution in [3.8, 4) is 0 Å². The topological polar surface area (TPSA) is 12.0 Å². The molecule has 0 spiro atoms. The van der Waals surface area contributed by atoms with Gasteiger partial charge in [-0.1, -0.05) is 43.5 Å². The molecule has 2 heteroatoms. The van der Waals surface area contributed by atoms with Crippen molar-refractivity contribution in [3.05, 3.63) is 28.8 Å². The van der Waals surface area contributed by atoms with Crippen molar-refractivity contribution in [1.82, 2.24) is 0 Å². The lowest BCUT2D eigenvalue weighted by Gasteiger charge is -2.31. The van der Waals surface area contributed by atoms with Crippen molar-refractivity contribution in [2.24, 2.45) is 5.92 Å². The predicted octanol–water partition coefficient (Wildman–Crippen LogP) is 4.64. The van der Waals surface area contributed by atoms with Gasteiger partial charge in [-0.15, -0.1) is 0 Å². The lowest BCUT2D eigenvalue weighted by Crippen LogP contribution is -2.30. The van der Waals surface area contributed by atoms with Crippen LogP contribution < -0.4 is 5.32 Å². The number of hydrogen-bond acceptors (Lipinski definition) is 1. The molecule has 2 rings (SSSR count). The summed E-state index contributed by atoms with van der Waals surface area (Å²) in [7, 11) is 0. The van der Waals surface area contributed by atoms with Crippen LogP contribution in [0.1, 0.15) is 38.2 Å². The van der Waals surface area contributed by atoms with Crippen LogP contribution >= 0.6 is 11.6 Å². The van der Waals surface area contributed by atoms with Crippen LogP contribution in [-0.4, -0.2) is 6.04 Å². The summed E-state index contributed by atoms with van der Waals surface area (Å²) in [5, 5.41) is 4.48. The van der Waals surface area contributed by atoms with Gasteiger partial charge in [-0.3, -0.25) is 0 Å². The molecule has 1 saturated carbocycles. The normalized spacial score (nSPS) is 25.4. The third-order valence-corrected chi connectivity index (χ3v) is 3.98. The average molecular weight is 238 g/mol. The van der Waals surface area contributed by atoms with Crippen molar-refractivity contribution in [1.29, 1.82) is 0 Å². The van der Waals surface area contributed by atoms with E-state index in [1.807, 2.05) is 12.1 Å². The van der Waals surface area contributed by atoms with Crippen LogP contribution in [0.2, 0.25) is 5.02 Å². The van der Waals surface area contributed by atoms with Crippen LogP contribution in [-0.2, 0) is 0 Å². The van der Waals surface area contributed by atoms with E-state index in [4.69, 9.17) is 11.6 Å². The third kappa shape index (κ3) is 2.52. The maximum atomic E-state index is 6.23. The van der Waals surface area contributed by atoms with Crippen LogP contribution in [0.3, 0.4) is 0 Å². The van der Waals surface area contributed by atoms with E-state index in [9.17, 15) is 0 Å². The van der Waals surface area contributed by atoms with E-state index in [0.717, 1.165) is 16.6 Å². The van der Waals surface area contributed by atoms with Gasteiger partial charge in [-0.2, -0.15) is 0 Å². The number of nitrogens with one attached hydrogen (secondary N) is 1. The standard InChI is InChI=1S/C14H20ClN/c1-10-6-3-4-9-13(10)16-14-11(2)7-5-8-12(14)15/h5,7-8,10,13,16H,3-4,6,9H2,1-2H3. The summed E-state index contributed by atoms with van der Waals surface area (Å²) < 4.78 is 0. The second-order valence-electron chi connectivity index (χ2n) is 4.94. The highest BCUT2D eigenvalue weighted by Gasteiger charge is 2.21. The highest BCUT2D eigenvalue weighted by Crippen LogP contribution is 2.31. The van der Waals surface area contributed by atoms with Gasteiger partial charge >= 0.3 is 0 Å². The zero-order valence-electron chi connectivity index (χ0n) is 10.1. The number of benzene rings is 1. The van der Waals surface area contributed by atoms with Gasteiger partial charge in [0, 0.05) is 6.04 Å². The molecule has 0 saturated heterocycles. The fourth-order valence-electron chi connectivity index (χ4n) is 2.53. The molecule has 1 N–H and O–H groups in total. The van der Waals surface area contributed by atoms with Crippen LogP contribution in [0, 0.1) is 12.8 Å². The molecule has 0 radical (unpaired) electrons. The molecule has 0 heterocycles. The Morgan fingerprint density at radius 1 is 1.25 bits per heavy atom. The molecule has 0 amide bonds. The molecule has 2 atom stereocenters. The summed E-state index contributed by atoms with van der Waals surface area (Å²) in [4.78, 5) is 0. The quantitative estimate of drug-likeness (QED) is 0.790. The van der Waals surface area contributed by atoms with Gasteiger partial charge in [0.2, 0.25) is 0 Å². The van der Waals surface area contributed by atoms with Gasteiger partial charge in [0.25, 0.3) is 0 Å². The van der Waals surface area contributed by atoms with E-state index in [0.29, 0.717) is 6.04 Å². The number of halogens is 1. The Kier molecular flexibility index (Phi) is 3.75. The van der Waals surface area contributed by atoms with Crippen molar-refractivity contribution in [3.63, 3.8) is 0 Å². The van der Waals surface area contributed by atoms with E-state index < -0.39 is 0 Å². The number of hydrogen-bond donors (Lipinski definition) is 1. The monoisotopic (exact) mass is 237 g/mol. The van der Waals surface area contributed by atoms with Crippen LogP contribution in [0.25, 0.3) is 0 Å². The lowest BCUT2D eigenvalue weighted by atomic mass is 9.85. The summed E-state index contributed by atoms with van der Waals surface area (Å²) in [5.41, 5.74) is 2.37. The highest BCUT2D eigenvalue weighted by atomic mass is 35.5. The van der Waals surface area contributed by atoms with Gasteiger partial charge in [0.15, 0.2) is 0 Å². The van der Waals surface area contributed by atoms with Crippen LogP contribution in [0.15, 0.2) is 18.2 Å². The summed E-state index contributed by atoms with van der Waals surface area (Å²) in [5.74, 6) is 0.754. The maximum Gasteiger partial charge on any atom is 0.0640 e. The Morgan fingerprint density at radius 2 is 2.00 bits per heavy atom. The third-order valence-electron chi connectivity index (χ3n) is 3.66. The van der Waals surface area contributed by atoms with Gasteiger partial charge < -0.3 is 5.32 Å². The highest BCUT2D eigenvalue weighted by molar-refractivity contribution is 6.33. The Balaban J connectivity index is 2.13. The number of para-hydroxylation sites is 1. The molecule has 2 unspecified atom stereocenters. The zero-order valence-corrected chi connectivity index (χ0v) is 10.8. The fraction of sp³-hybridized carbons (Fsp3) is 0.571. The van der Waals surface area contributed by atoms with Gasteiger partial charge in [0.1, 0.15) is 0 Å². The van der Waals surface area contributed by atoms with E-state index in [-0.39, 0.29) is 0 Å². The second-order valence-corrected chi connectivity index (χ2v) is 5.35. The molecule has 0 aliphatic heterocycles. The van der Waals surface area contributed by atoms with Crippen molar-refractivity contribution < 1.29 is 0 Å². The SMILES string of the molecule is Cc1cccc(Cl)c1NC1CCCCC1C. The second kappa shape index (κ2) is 5.09. The zero-order chi connectivity index (χ0) is 11.5. The summed E-state index contributed by atoms with van der Waals surface area (Å²) >= 11 is 6.23. The Bertz CT molecular complexity index is 342. The van der Waals surface area contributed by atoms with Crippen molar-refractivity contribution in [2.45, 2.75) is 45.6 Å². The molecule has 1 fully saturated rings. The first-order valence-electron chi connectivity index (χ1n) is 6.20. The molecule has 1 aromatic carbocycles. The number of aryl methyl sites for hydroxylation is 1. The van der Waals surface area contributed by atoms with Crippen LogP contribution in [0.5, 0.6) is 0 Å². The first-order chi connectivity index (χ1) is 7.68. The molecule has 16 heavy (non-hydrogen) atoms. The molecule has 0 aromatic heterocycles.